The lowest BCUT2D eigenvalue weighted by Crippen LogP contribution is -2.42. The van der Waals surface area contributed by atoms with Gasteiger partial charge in [0.05, 0.1) is 0 Å². The van der Waals surface area contributed by atoms with Crippen LogP contribution in [0.4, 0.5) is 0 Å². The lowest BCUT2D eigenvalue weighted by Gasteiger charge is -2.25. The number of thioether (sulfide) groups is 1. The summed E-state index contributed by atoms with van der Waals surface area (Å²) in [5.74, 6) is -1.16. The van der Waals surface area contributed by atoms with Crippen molar-refractivity contribution in [2.24, 2.45) is 0 Å². The van der Waals surface area contributed by atoms with Gasteiger partial charge in [-0.25, -0.2) is 0 Å². The first-order chi connectivity index (χ1) is 7.41. The summed E-state index contributed by atoms with van der Waals surface area (Å²) in [4.78, 5) is 22.7. The Kier molecular flexibility index (Phi) is 5.52. The number of carboxylic acid groups (broad SMARTS) is 1. The number of nitrogens with one attached hydrogen (secondary N) is 1. The molecule has 0 spiro atoms. The minimum atomic E-state index is -0.936. The van der Waals surface area contributed by atoms with Gasteiger partial charge in [-0.3, -0.25) is 9.59 Å². The molecule has 0 heterocycles. The predicted molar refractivity (Wildman–Crippen MR) is 71.3 cm³/mol. The molecule has 1 amide bonds. The molecule has 0 aromatic carbocycles. The van der Waals surface area contributed by atoms with E-state index in [0.29, 0.717) is 0 Å². The van der Waals surface area contributed by atoms with Crippen molar-refractivity contribution in [2.45, 2.75) is 63.5 Å². The maximum absolute atomic E-state index is 11.7. The van der Waals surface area contributed by atoms with E-state index < -0.39 is 11.2 Å². The third-order valence-electron chi connectivity index (χ3n) is 1.66. The van der Waals surface area contributed by atoms with Crippen LogP contribution in [0.25, 0.3) is 0 Å². The van der Waals surface area contributed by atoms with Crippen molar-refractivity contribution >= 4 is 23.6 Å². The second-order valence-corrected chi connectivity index (χ2v) is 8.09. The zero-order valence-electron chi connectivity index (χ0n) is 11.5. The average Bonchev–Trinajstić information content (AvgIpc) is 1.95. The third kappa shape index (κ3) is 9.03. The molecular weight excluding hydrogens is 238 g/mol. The Morgan fingerprint density at radius 2 is 1.65 bits per heavy atom. The van der Waals surface area contributed by atoms with Crippen molar-refractivity contribution in [3.8, 4) is 0 Å². The molecule has 5 heteroatoms. The summed E-state index contributed by atoms with van der Waals surface area (Å²) in [6.45, 7) is 11.4. The summed E-state index contributed by atoms with van der Waals surface area (Å²) in [6.07, 6.45) is 0.00847. The van der Waals surface area contributed by atoms with Gasteiger partial charge >= 0.3 is 5.97 Å². The highest BCUT2D eigenvalue weighted by Gasteiger charge is 2.28. The highest BCUT2D eigenvalue weighted by atomic mass is 32.2. The summed E-state index contributed by atoms with van der Waals surface area (Å²) in [5, 5.41) is 11.2. The summed E-state index contributed by atoms with van der Waals surface area (Å²) in [5.41, 5.74) is -0.327. The van der Waals surface area contributed by atoms with Crippen LogP contribution >= 0.6 is 11.8 Å². The molecule has 0 aromatic heterocycles. The molecular formula is C12H23NO3S. The maximum Gasteiger partial charge on any atom is 0.317 e. The number of amides is 1. The van der Waals surface area contributed by atoms with E-state index in [1.165, 1.54) is 11.8 Å². The molecule has 17 heavy (non-hydrogen) atoms. The molecule has 0 saturated carbocycles. The molecule has 100 valence electrons. The zero-order chi connectivity index (χ0) is 13.9. The van der Waals surface area contributed by atoms with Crippen LogP contribution in [0.15, 0.2) is 0 Å². The highest BCUT2D eigenvalue weighted by molar-refractivity contribution is 8.01. The summed E-state index contributed by atoms with van der Waals surface area (Å²) < 4.78 is -0.176. The summed E-state index contributed by atoms with van der Waals surface area (Å²) in [6, 6.07) is 0. The Hall–Kier alpha value is -0.710. The lowest BCUT2D eigenvalue weighted by molar-refractivity contribution is -0.138. The Bertz CT molecular complexity index is 289. The van der Waals surface area contributed by atoms with Gasteiger partial charge in [-0.2, -0.15) is 0 Å². The van der Waals surface area contributed by atoms with E-state index in [-0.39, 0.29) is 22.6 Å². The van der Waals surface area contributed by atoms with E-state index in [9.17, 15) is 9.59 Å². The van der Waals surface area contributed by atoms with Crippen LogP contribution < -0.4 is 5.32 Å². The van der Waals surface area contributed by atoms with Crippen LogP contribution in [0.2, 0.25) is 0 Å². The fraction of sp³-hybridized carbons (Fsp3) is 0.833. The van der Waals surface area contributed by atoms with Crippen LogP contribution in [0.5, 0.6) is 0 Å². The van der Waals surface area contributed by atoms with E-state index >= 15 is 0 Å². The monoisotopic (exact) mass is 261 g/mol. The topological polar surface area (TPSA) is 66.4 Å². The third-order valence-corrected chi connectivity index (χ3v) is 3.02. The van der Waals surface area contributed by atoms with Crippen molar-refractivity contribution in [1.29, 1.82) is 0 Å². The fourth-order valence-electron chi connectivity index (χ4n) is 1.24. The van der Waals surface area contributed by atoms with Crippen LogP contribution in [0, 0.1) is 0 Å². The van der Waals surface area contributed by atoms with E-state index in [0.717, 1.165) is 0 Å². The molecule has 0 aromatic rings. The van der Waals surface area contributed by atoms with Gasteiger partial charge in [-0.05, 0) is 20.8 Å². The zero-order valence-corrected chi connectivity index (χ0v) is 12.3. The maximum atomic E-state index is 11.7. The van der Waals surface area contributed by atoms with E-state index in [1.54, 1.807) is 0 Å². The van der Waals surface area contributed by atoms with E-state index in [1.807, 2.05) is 41.5 Å². The average molecular weight is 261 g/mol. The predicted octanol–water partition coefficient (Wildman–Crippen LogP) is 2.28. The molecule has 0 fully saturated rings. The Balaban J connectivity index is 4.47. The minimum absolute atomic E-state index is 0.00847. The molecule has 0 bridgehead atoms. The molecule has 1 atom stereocenters. The number of carbonyl (C=O) groups is 2. The molecule has 2 N–H and O–H groups in total. The van der Waals surface area contributed by atoms with Gasteiger partial charge in [0, 0.05) is 16.7 Å². The molecule has 1 unspecified atom stereocenters. The molecule has 4 nitrogen and oxygen atoms in total. The van der Waals surface area contributed by atoms with Crippen molar-refractivity contribution < 1.29 is 14.7 Å². The van der Waals surface area contributed by atoms with Crippen LogP contribution in [0.3, 0.4) is 0 Å². The fourth-order valence-corrected chi connectivity index (χ4v) is 2.43. The quantitative estimate of drug-likeness (QED) is 0.814. The van der Waals surface area contributed by atoms with Gasteiger partial charge < -0.3 is 10.4 Å². The van der Waals surface area contributed by atoms with Gasteiger partial charge in [0.2, 0.25) is 5.91 Å². The smallest absolute Gasteiger partial charge is 0.317 e. The number of aliphatic carboxylic acids is 1. The second kappa shape index (κ2) is 5.76. The van der Waals surface area contributed by atoms with E-state index in [2.05, 4.69) is 5.32 Å². The first-order valence-corrected chi connectivity index (χ1v) is 6.50. The summed E-state index contributed by atoms with van der Waals surface area (Å²) in [7, 11) is 0. The lowest BCUT2D eigenvalue weighted by atomic mass is 10.1. The number of hydrogen-bond donors (Lipinski definition) is 2. The SMILES string of the molecule is CC(C)(C)NC(=O)CC(SC(C)(C)C)C(=O)O. The molecule has 0 rings (SSSR count). The van der Waals surface area contributed by atoms with Gasteiger partial charge in [0.25, 0.3) is 0 Å². The first-order valence-electron chi connectivity index (χ1n) is 5.62. The molecule has 0 aliphatic carbocycles. The second-order valence-electron chi connectivity index (χ2n) is 6.06. The summed E-state index contributed by atoms with van der Waals surface area (Å²) >= 11 is 1.30. The minimum Gasteiger partial charge on any atom is -0.480 e. The van der Waals surface area contributed by atoms with Gasteiger partial charge in [-0.1, -0.05) is 20.8 Å². The van der Waals surface area contributed by atoms with E-state index in [4.69, 9.17) is 5.11 Å². The first kappa shape index (κ1) is 16.3. The Labute approximate surface area is 108 Å². The highest BCUT2D eigenvalue weighted by Crippen LogP contribution is 2.30. The largest absolute Gasteiger partial charge is 0.480 e. The van der Waals surface area contributed by atoms with Crippen LogP contribution in [-0.4, -0.2) is 32.5 Å². The number of carboxylic acids is 1. The van der Waals surface area contributed by atoms with Crippen LogP contribution in [-0.2, 0) is 9.59 Å². The van der Waals surface area contributed by atoms with Gasteiger partial charge in [-0.15, -0.1) is 11.8 Å². The van der Waals surface area contributed by atoms with Gasteiger partial charge in [0.15, 0.2) is 0 Å². The molecule has 0 aliphatic rings. The molecule has 0 aliphatic heterocycles. The van der Waals surface area contributed by atoms with Crippen molar-refractivity contribution in [3.05, 3.63) is 0 Å². The normalized spacial score (nSPS) is 14.2. The molecule has 0 radical (unpaired) electrons. The van der Waals surface area contributed by atoms with Gasteiger partial charge in [0.1, 0.15) is 5.25 Å². The van der Waals surface area contributed by atoms with Crippen molar-refractivity contribution in [1.82, 2.24) is 5.32 Å². The van der Waals surface area contributed by atoms with Crippen molar-refractivity contribution in [3.63, 3.8) is 0 Å². The Morgan fingerprint density at radius 1 is 1.18 bits per heavy atom. The number of hydrogen-bond acceptors (Lipinski definition) is 3. The van der Waals surface area contributed by atoms with Crippen molar-refractivity contribution in [2.75, 3.05) is 0 Å². The molecule has 0 saturated heterocycles. The number of rotatable bonds is 4. The van der Waals surface area contributed by atoms with Crippen LogP contribution in [0.1, 0.15) is 48.0 Å². The number of carbonyl (C=O) groups excluding carboxylic acids is 1. The Morgan fingerprint density at radius 3 is 1.94 bits per heavy atom. The standard InChI is InChI=1S/C12H23NO3S/c1-11(2,3)13-9(14)7-8(10(15)16)17-12(4,5)6/h8H,7H2,1-6H3,(H,13,14)(H,15,16).